The van der Waals surface area contributed by atoms with Crippen molar-refractivity contribution in [2.75, 3.05) is 6.61 Å². The van der Waals surface area contributed by atoms with Crippen molar-refractivity contribution in [3.05, 3.63) is 44.0 Å². The van der Waals surface area contributed by atoms with Gasteiger partial charge in [0.1, 0.15) is 0 Å². The van der Waals surface area contributed by atoms with Gasteiger partial charge in [-0.25, -0.2) is 4.79 Å². The first kappa shape index (κ1) is 16.5. The highest BCUT2D eigenvalue weighted by Gasteiger charge is 2.21. The molecule has 0 radical (unpaired) electrons. The number of nitro groups is 2. The Morgan fingerprint density at radius 3 is 2.14 bits per heavy atom. The number of hydrogen-bond donors (Lipinski definition) is 0. The van der Waals surface area contributed by atoms with E-state index in [2.05, 4.69) is 0 Å². The zero-order chi connectivity index (χ0) is 16.0. The molecule has 114 valence electrons. The minimum absolute atomic E-state index is 0.160. The molecule has 1 unspecified atom stereocenters. The first-order valence-corrected chi connectivity index (χ1v) is 6.46. The summed E-state index contributed by atoms with van der Waals surface area (Å²) in [6, 6.07) is 2.75. The lowest BCUT2D eigenvalue weighted by molar-refractivity contribution is -0.394. The number of nitrogens with zero attached hydrogens (tertiary/aromatic N) is 2. The molecule has 1 aromatic rings. The molecule has 0 amide bonds. The lowest BCUT2D eigenvalue weighted by atomic mass is 10.1. The summed E-state index contributed by atoms with van der Waals surface area (Å²) in [5, 5.41) is 21.5. The maximum Gasteiger partial charge on any atom is 0.338 e. The molecule has 0 aliphatic rings. The lowest BCUT2D eigenvalue weighted by Gasteiger charge is -2.10. The van der Waals surface area contributed by atoms with Crippen LogP contribution in [0.5, 0.6) is 0 Å². The summed E-state index contributed by atoms with van der Waals surface area (Å²) in [7, 11) is 0. The summed E-state index contributed by atoms with van der Waals surface area (Å²) in [6.07, 6.45) is 1.82. The number of rotatable bonds is 7. The number of non-ortho nitro benzene ring substituents is 2. The Morgan fingerprint density at radius 2 is 1.71 bits per heavy atom. The maximum absolute atomic E-state index is 11.8. The fraction of sp³-hybridized carbons (Fsp3) is 0.462. The molecule has 0 bridgehead atoms. The Morgan fingerprint density at radius 1 is 1.19 bits per heavy atom. The van der Waals surface area contributed by atoms with Gasteiger partial charge in [-0.1, -0.05) is 20.3 Å². The molecule has 0 fully saturated rings. The van der Waals surface area contributed by atoms with Gasteiger partial charge in [0.25, 0.3) is 11.4 Å². The van der Waals surface area contributed by atoms with Crippen LogP contribution in [0.1, 0.15) is 37.0 Å². The fourth-order valence-corrected chi connectivity index (χ4v) is 1.80. The number of hydrogen-bond acceptors (Lipinski definition) is 6. The molecule has 1 atom stereocenters. The molecule has 1 rings (SSSR count). The molecule has 1 aromatic carbocycles. The second kappa shape index (κ2) is 7.32. The molecule has 0 aliphatic carbocycles. The second-order valence-corrected chi connectivity index (χ2v) is 4.74. The van der Waals surface area contributed by atoms with E-state index in [0.717, 1.165) is 31.0 Å². The predicted octanol–water partition coefficient (Wildman–Crippen LogP) is 3.10. The third-order valence-electron chi connectivity index (χ3n) is 2.84. The Kier molecular flexibility index (Phi) is 5.77. The largest absolute Gasteiger partial charge is 0.462 e. The van der Waals surface area contributed by atoms with Crippen LogP contribution in [0.15, 0.2) is 18.2 Å². The summed E-state index contributed by atoms with van der Waals surface area (Å²) in [5.74, 6) is -0.641. The number of nitro benzene ring substituents is 2. The van der Waals surface area contributed by atoms with E-state index < -0.39 is 27.2 Å². The Bertz CT molecular complexity index is 525. The predicted molar refractivity (Wildman–Crippen MR) is 74.1 cm³/mol. The maximum atomic E-state index is 11.8. The van der Waals surface area contributed by atoms with Gasteiger partial charge in [0.15, 0.2) is 0 Å². The minimum atomic E-state index is -0.801. The Hall–Kier alpha value is -2.51. The molecule has 0 N–H and O–H groups in total. The topological polar surface area (TPSA) is 113 Å². The molecule has 8 heteroatoms. The van der Waals surface area contributed by atoms with Gasteiger partial charge in [0, 0.05) is 12.1 Å². The second-order valence-electron chi connectivity index (χ2n) is 4.74. The van der Waals surface area contributed by atoms with Crippen molar-refractivity contribution in [2.24, 2.45) is 5.92 Å². The van der Waals surface area contributed by atoms with Crippen LogP contribution in [0.2, 0.25) is 0 Å². The van der Waals surface area contributed by atoms with Crippen molar-refractivity contribution in [1.82, 2.24) is 0 Å². The summed E-state index contributed by atoms with van der Waals surface area (Å²) < 4.78 is 5.03. The van der Waals surface area contributed by atoms with Gasteiger partial charge in [0.2, 0.25) is 0 Å². The van der Waals surface area contributed by atoms with E-state index in [0.29, 0.717) is 0 Å². The highest BCUT2D eigenvalue weighted by Crippen LogP contribution is 2.23. The van der Waals surface area contributed by atoms with Crippen molar-refractivity contribution < 1.29 is 19.4 Å². The van der Waals surface area contributed by atoms with Crippen LogP contribution in [-0.4, -0.2) is 22.4 Å². The van der Waals surface area contributed by atoms with Crippen molar-refractivity contribution in [3.8, 4) is 0 Å². The molecule has 0 aromatic heterocycles. The number of ether oxygens (including phenoxy) is 1. The van der Waals surface area contributed by atoms with Crippen molar-refractivity contribution in [2.45, 2.75) is 26.7 Å². The number of carbonyl (C=O) groups excluding carboxylic acids is 1. The summed E-state index contributed by atoms with van der Waals surface area (Å²) in [6.45, 7) is 4.08. The fourth-order valence-electron chi connectivity index (χ4n) is 1.80. The average Bonchev–Trinajstić information content (AvgIpc) is 2.44. The molecule has 0 saturated heterocycles. The quantitative estimate of drug-likeness (QED) is 0.434. The van der Waals surface area contributed by atoms with Gasteiger partial charge >= 0.3 is 5.97 Å². The summed E-state index contributed by atoms with van der Waals surface area (Å²) in [5.41, 5.74) is -1.23. The van der Waals surface area contributed by atoms with Gasteiger partial charge in [-0.15, -0.1) is 0 Å². The van der Waals surface area contributed by atoms with Crippen LogP contribution in [0, 0.1) is 26.1 Å². The standard InChI is InChI=1S/C13H16N2O6/c1-3-4-9(2)8-21-13(16)10-5-11(14(17)18)7-12(6-10)15(19)20/h5-7,9H,3-4,8H2,1-2H3. The van der Waals surface area contributed by atoms with E-state index >= 15 is 0 Å². The van der Waals surface area contributed by atoms with Crippen molar-refractivity contribution >= 4 is 17.3 Å². The van der Waals surface area contributed by atoms with Gasteiger partial charge in [-0.05, 0) is 12.3 Å². The SMILES string of the molecule is CCCC(C)COC(=O)c1cc([N+](=O)[O-])cc([N+](=O)[O-])c1. The monoisotopic (exact) mass is 296 g/mol. The van der Waals surface area contributed by atoms with Crippen LogP contribution in [0.3, 0.4) is 0 Å². The number of benzene rings is 1. The molecule has 0 aliphatic heterocycles. The third-order valence-corrected chi connectivity index (χ3v) is 2.84. The van der Waals surface area contributed by atoms with Crippen molar-refractivity contribution in [1.29, 1.82) is 0 Å². The summed E-state index contributed by atoms with van der Waals surface area (Å²) in [4.78, 5) is 31.7. The smallest absolute Gasteiger partial charge is 0.338 e. The zero-order valence-electron chi connectivity index (χ0n) is 11.8. The summed E-state index contributed by atoms with van der Waals surface area (Å²) >= 11 is 0. The Labute approximate surface area is 121 Å². The zero-order valence-corrected chi connectivity index (χ0v) is 11.8. The molecule has 0 saturated carbocycles. The van der Waals surface area contributed by atoms with Crippen LogP contribution in [0.4, 0.5) is 11.4 Å². The molecule has 0 heterocycles. The van der Waals surface area contributed by atoms with Crippen LogP contribution in [0.25, 0.3) is 0 Å². The highest BCUT2D eigenvalue weighted by molar-refractivity contribution is 5.91. The van der Waals surface area contributed by atoms with Crippen LogP contribution >= 0.6 is 0 Å². The third kappa shape index (κ3) is 4.83. The van der Waals surface area contributed by atoms with Gasteiger partial charge in [-0.2, -0.15) is 0 Å². The minimum Gasteiger partial charge on any atom is -0.462 e. The number of esters is 1. The van der Waals surface area contributed by atoms with Crippen molar-refractivity contribution in [3.63, 3.8) is 0 Å². The lowest BCUT2D eigenvalue weighted by Crippen LogP contribution is -2.12. The van der Waals surface area contributed by atoms with E-state index in [9.17, 15) is 25.0 Å². The first-order valence-electron chi connectivity index (χ1n) is 6.46. The van der Waals surface area contributed by atoms with Crippen LogP contribution in [-0.2, 0) is 4.74 Å². The van der Waals surface area contributed by atoms with E-state index in [-0.39, 0.29) is 18.1 Å². The molecular formula is C13H16N2O6. The van der Waals surface area contributed by atoms with Crippen LogP contribution < -0.4 is 0 Å². The average molecular weight is 296 g/mol. The van der Waals surface area contributed by atoms with Gasteiger partial charge in [0.05, 0.1) is 28.1 Å². The van der Waals surface area contributed by atoms with Gasteiger partial charge in [-0.3, -0.25) is 20.2 Å². The van der Waals surface area contributed by atoms with E-state index in [1.54, 1.807) is 0 Å². The van der Waals surface area contributed by atoms with E-state index in [1.165, 1.54) is 0 Å². The Balaban J connectivity index is 2.92. The number of carbonyl (C=O) groups is 1. The molecule has 0 spiro atoms. The highest BCUT2D eigenvalue weighted by atomic mass is 16.6. The van der Waals surface area contributed by atoms with E-state index in [4.69, 9.17) is 4.74 Å². The normalized spacial score (nSPS) is 11.7. The van der Waals surface area contributed by atoms with E-state index in [1.807, 2.05) is 13.8 Å². The molecule has 8 nitrogen and oxygen atoms in total. The van der Waals surface area contributed by atoms with Gasteiger partial charge < -0.3 is 4.74 Å². The molecular weight excluding hydrogens is 280 g/mol. The first-order chi connectivity index (χ1) is 9.85. The molecule has 21 heavy (non-hydrogen) atoms.